The number of hydrogen-bond acceptors (Lipinski definition) is 4. The quantitative estimate of drug-likeness (QED) is 0.538. The summed E-state index contributed by atoms with van der Waals surface area (Å²) in [5.74, 6) is -0.275. The number of carbonyl (C=O) groups excluding carboxylic acids is 1. The highest BCUT2D eigenvalue weighted by Gasteiger charge is 2.12. The molecule has 0 spiro atoms. The molecule has 2 aromatic carbocycles. The third kappa shape index (κ3) is 6.09. The third-order valence-electron chi connectivity index (χ3n) is 6.10. The standard InChI is InChI=1S/C27H32N4O2/c1-2-3-7-21-8-12-23(13-9-21)28-26(32)20-31-27(33)17-16-25(29-31)22-10-14-24(15-11-22)30-18-5-4-6-19-30/h8-17H,2-7,18-20H2,1H3,(H,28,32). The van der Waals surface area contributed by atoms with Crippen LogP contribution >= 0.6 is 0 Å². The molecule has 4 rings (SSSR count). The van der Waals surface area contributed by atoms with Crippen LogP contribution in [0, 0.1) is 0 Å². The second kappa shape index (κ2) is 10.9. The fraction of sp³-hybridized carbons (Fsp3) is 0.370. The highest BCUT2D eigenvalue weighted by Crippen LogP contribution is 2.23. The smallest absolute Gasteiger partial charge is 0.267 e. The average Bonchev–Trinajstić information content (AvgIpc) is 2.85. The number of nitrogens with zero attached hydrogens (tertiary/aromatic N) is 3. The van der Waals surface area contributed by atoms with E-state index in [0.29, 0.717) is 5.69 Å². The van der Waals surface area contributed by atoms with Gasteiger partial charge in [-0.2, -0.15) is 5.10 Å². The van der Waals surface area contributed by atoms with Crippen LogP contribution in [0.25, 0.3) is 11.3 Å². The SMILES string of the molecule is CCCCc1ccc(NC(=O)Cn2nc(-c3ccc(N4CCCCC4)cc3)ccc2=O)cc1. The first kappa shape index (κ1) is 22.8. The molecular formula is C27H32N4O2. The van der Waals surface area contributed by atoms with Crippen molar-refractivity contribution in [3.8, 4) is 11.3 Å². The number of hydrogen-bond donors (Lipinski definition) is 1. The summed E-state index contributed by atoms with van der Waals surface area (Å²) >= 11 is 0. The van der Waals surface area contributed by atoms with E-state index in [0.717, 1.165) is 43.6 Å². The molecular weight excluding hydrogens is 412 g/mol. The van der Waals surface area contributed by atoms with Crippen LogP contribution in [-0.4, -0.2) is 28.8 Å². The van der Waals surface area contributed by atoms with E-state index in [2.05, 4.69) is 34.4 Å². The lowest BCUT2D eigenvalue weighted by Crippen LogP contribution is -2.29. The number of anilines is 2. The fourth-order valence-corrected chi connectivity index (χ4v) is 4.18. The van der Waals surface area contributed by atoms with Gasteiger partial charge in [-0.25, -0.2) is 4.68 Å². The van der Waals surface area contributed by atoms with Gasteiger partial charge >= 0.3 is 0 Å². The number of carbonyl (C=O) groups is 1. The van der Waals surface area contributed by atoms with E-state index in [1.54, 1.807) is 6.07 Å². The van der Waals surface area contributed by atoms with Gasteiger partial charge in [0.05, 0.1) is 5.69 Å². The monoisotopic (exact) mass is 444 g/mol. The lowest BCUT2D eigenvalue weighted by atomic mass is 10.1. The minimum Gasteiger partial charge on any atom is -0.372 e. The van der Waals surface area contributed by atoms with Gasteiger partial charge in [0.1, 0.15) is 6.54 Å². The van der Waals surface area contributed by atoms with Gasteiger partial charge in [0.15, 0.2) is 0 Å². The number of aryl methyl sites for hydroxylation is 1. The zero-order valence-corrected chi connectivity index (χ0v) is 19.3. The number of benzene rings is 2. The maximum Gasteiger partial charge on any atom is 0.267 e. The molecule has 2 heterocycles. The Kier molecular flexibility index (Phi) is 7.55. The average molecular weight is 445 g/mol. The molecule has 6 nitrogen and oxygen atoms in total. The molecule has 0 atom stereocenters. The Morgan fingerprint density at radius 2 is 1.67 bits per heavy atom. The normalized spacial score (nSPS) is 13.7. The Hall–Kier alpha value is -3.41. The van der Waals surface area contributed by atoms with Crippen molar-refractivity contribution in [1.82, 2.24) is 9.78 Å². The molecule has 1 aliphatic heterocycles. The Morgan fingerprint density at radius 3 is 2.36 bits per heavy atom. The largest absolute Gasteiger partial charge is 0.372 e. The van der Waals surface area contributed by atoms with Gasteiger partial charge in [-0.3, -0.25) is 9.59 Å². The van der Waals surface area contributed by atoms with Gasteiger partial charge in [-0.05, 0) is 68.0 Å². The molecule has 0 radical (unpaired) electrons. The van der Waals surface area contributed by atoms with E-state index in [1.807, 2.05) is 36.4 Å². The van der Waals surface area contributed by atoms with E-state index in [9.17, 15) is 9.59 Å². The second-order valence-corrected chi connectivity index (χ2v) is 8.66. The van der Waals surface area contributed by atoms with E-state index in [1.165, 1.54) is 41.3 Å². The van der Waals surface area contributed by atoms with E-state index >= 15 is 0 Å². The van der Waals surface area contributed by atoms with Gasteiger partial charge in [-0.1, -0.05) is 37.6 Å². The molecule has 1 N–H and O–H groups in total. The Morgan fingerprint density at radius 1 is 0.939 bits per heavy atom. The predicted octanol–water partition coefficient (Wildman–Crippen LogP) is 4.88. The number of aromatic nitrogens is 2. The molecule has 1 amide bonds. The van der Waals surface area contributed by atoms with Crippen molar-refractivity contribution in [2.45, 2.75) is 52.0 Å². The predicted molar refractivity (Wildman–Crippen MR) is 134 cm³/mol. The van der Waals surface area contributed by atoms with Crippen LogP contribution in [0.2, 0.25) is 0 Å². The summed E-state index contributed by atoms with van der Waals surface area (Å²) in [7, 11) is 0. The summed E-state index contributed by atoms with van der Waals surface area (Å²) in [5, 5.41) is 7.30. The molecule has 3 aromatic rings. The first-order valence-corrected chi connectivity index (χ1v) is 11.9. The Labute approximate surface area is 195 Å². The van der Waals surface area contributed by atoms with E-state index in [-0.39, 0.29) is 18.0 Å². The van der Waals surface area contributed by atoms with E-state index in [4.69, 9.17) is 0 Å². The highest BCUT2D eigenvalue weighted by molar-refractivity contribution is 5.90. The topological polar surface area (TPSA) is 67.2 Å². The summed E-state index contributed by atoms with van der Waals surface area (Å²) < 4.78 is 1.22. The molecule has 1 saturated heterocycles. The van der Waals surface area contributed by atoms with Gasteiger partial charge < -0.3 is 10.2 Å². The van der Waals surface area contributed by atoms with Gasteiger partial charge in [0.25, 0.3) is 5.56 Å². The van der Waals surface area contributed by atoms with Crippen molar-refractivity contribution in [3.63, 3.8) is 0 Å². The molecule has 1 fully saturated rings. The molecule has 1 aromatic heterocycles. The summed E-state index contributed by atoms with van der Waals surface area (Å²) in [6.07, 6.45) is 7.12. The van der Waals surface area contributed by atoms with Crippen LogP contribution in [0.4, 0.5) is 11.4 Å². The Bertz CT molecular complexity index is 1110. The van der Waals surface area contributed by atoms with E-state index < -0.39 is 0 Å². The van der Waals surface area contributed by atoms with Crippen LogP contribution in [0.1, 0.15) is 44.6 Å². The molecule has 0 bridgehead atoms. The lowest BCUT2D eigenvalue weighted by molar-refractivity contribution is -0.117. The summed E-state index contributed by atoms with van der Waals surface area (Å²) in [6, 6.07) is 19.3. The molecule has 0 aliphatic carbocycles. The molecule has 0 unspecified atom stereocenters. The van der Waals surface area contributed by atoms with Crippen LogP contribution in [0.5, 0.6) is 0 Å². The number of piperidine rings is 1. The third-order valence-corrected chi connectivity index (χ3v) is 6.10. The maximum absolute atomic E-state index is 12.5. The summed E-state index contributed by atoms with van der Waals surface area (Å²) in [4.78, 5) is 27.3. The van der Waals surface area contributed by atoms with Crippen molar-refractivity contribution < 1.29 is 4.79 Å². The number of amides is 1. The number of nitrogens with one attached hydrogen (secondary N) is 1. The molecule has 0 saturated carbocycles. The zero-order chi connectivity index (χ0) is 23.0. The lowest BCUT2D eigenvalue weighted by Gasteiger charge is -2.28. The van der Waals surface area contributed by atoms with Crippen molar-refractivity contribution in [2.75, 3.05) is 23.3 Å². The number of unbranched alkanes of at least 4 members (excludes halogenated alkanes) is 1. The molecule has 33 heavy (non-hydrogen) atoms. The molecule has 172 valence electrons. The van der Waals surface area contributed by atoms with Crippen molar-refractivity contribution in [1.29, 1.82) is 0 Å². The van der Waals surface area contributed by atoms with Crippen molar-refractivity contribution >= 4 is 17.3 Å². The van der Waals surface area contributed by atoms with Gasteiger partial charge in [-0.15, -0.1) is 0 Å². The van der Waals surface area contributed by atoms with Crippen LogP contribution < -0.4 is 15.8 Å². The Balaban J connectivity index is 1.41. The second-order valence-electron chi connectivity index (χ2n) is 8.66. The van der Waals surface area contributed by atoms with Gasteiger partial charge in [0.2, 0.25) is 5.91 Å². The molecule has 1 aliphatic rings. The first-order valence-electron chi connectivity index (χ1n) is 11.9. The molecule has 6 heteroatoms. The first-order chi connectivity index (χ1) is 16.1. The van der Waals surface area contributed by atoms with Crippen LogP contribution in [0.15, 0.2) is 65.5 Å². The minimum atomic E-state index is -0.297. The van der Waals surface area contributed by atoms with Crippen LogP contribution in [-0.2, 0) is 17.8 Å². The van der Waals surface area contributed by atoms with Crippen molar-refractivity contribution in [3.05, 3.63) is 76.6 Å². The van der Waals surface area contributed by atoms with Crippen molar-refractivity contribution in [2.24, 2.45) is 0 Å². The maximum atomic E-state index is 12.5. The zero-order valence-electron chi connectivity index (χ0n) is 19.3. The fourth-order valence-electron chi connectivity index (χ4n) is 4.18. The minimum absolute atomic E-state index is 0.129. The summed E-state index contributed by atoms with van der Waals surface area (Å²) in [6.45, 7) is 4.23. The summed E-state index contributed by atoms with van der Waals surface area (Å²) in [5.41, 5.74) is 4.49. The highest BCUT2D eigenvalue weighted by atomic mass is 16.2. The van der Waals surface area contributed by atoms with Crippen LogP contribution in [0.3, 0.4) is 0 Å². The van der Waals surface area contributed by atoms with Gasteiger partial charge in [0, 0.05) is 36.1 Å². The number of rotatable bonds is 8.